The van der Waals surface area contributed by atoms with E-state index < -0.39 is 5.41 Å². The van der Waals surface area contributed by atoms with Gasteiger partial charge < -0.3 is 4.90 Å². The molecule has 0 saturated carbocycles. The maximum Gasteiger partial charge on any atom is 0.197 e. The lowest BCUT2D eigenvalue weighted by molar-refractivity contribution is 0.732. The van der Waals surface area contributed by atoms with Gasteiger partial charge in [0.2, 0.25) is 0 Å². The fraction of sp³-hybridized carbons (Fsp3) is 0.123. The SMILES string of the molecule is CC1=C(c2cc3ccccc3cc2C)CCC=C1c1cc(-c2ccccc2C)c(C)c2c1[B]c1cccc3c1N2c1ccccc1C3(c1ccccc1)c1ccccc1. The van der Waals surface area contributed by atoms with Crippen LogP contribution in [0.4, 0.5) is 17.1 Å². The van der Waals surface area contributed by atoms with Crippen molar-refractivity contribution in [2.75, 3.05) is 4.90 Å². The van der Waals surface area contributed by atoms with E-state index >= 15 is 0 Å². The Hall–Kier alpha value is -6.64. The van der Waals surface area contributed by atoms with Gasteiger partial charge in [-0.25, -0.2) is 0 Å². The van der Waals surface area contributed by atoms with Gasteiger partial charge >= 0.3 is 0 Å². The minimum absolute atomic E-state index is 0.519. The summed E-state index contributed by atoms with van der Waals surface area (Å²) >= 11 is 0. The highest BCUT2D eigenvalue weighted by Crippen LogP contribution is 2.58. The molecule has 1 aliphatic carbocycles. The number of rotatable bonds is 5. The van der Waals surface area contributed by atoms with Gasteiger partial charge in [-0.2, -0.15) is 0 Å². The van der Waals surface area contributed by atoms with Crippen molar-refractivity contribution in [2.24, 2.45) is 0 Å². The second-order valence-electron chi connectivity index (χ2n) is 16.7. The molecule has 0 fully saturated rings. The highest BCUT2D eigenvalue weighted by molar-refractivity contribution is 6.73. The summed E-state index contributed by atoms with van der Waals surface area (Å²) < 4.78 is 0. The molecule has 0 spiro atoms. The van der Waals surface area contributed by atoms with E-state index in [4.69, 9.17) is 0 Å². The molecule has 0 atom stereocenters. The van der Waals surface area contributed by atoms with Crippen LogP contribution in [-0.2, 0) is 5.41 Å². The van der Waals surface area contributed by atoms with Crippen LogP contribution >= 0.6 is 0 Å². The maximum atomic E-state index is 2.64. The molecule has 2 heteroatoms. The number of nitrogens with zero attached hydrogens (tertiary/aromatic N) is 1. The smallest absolute Gasteiger partial charge is 0.197 e. The van der Waals surface area contributed by atoms with Crippen molar-refractivity contribution in [2.45, 2.75) is 46.0 Å². The van der Waals surface area contributed by atoms with Crippen LogP contribution in [0.15, 0.2) is 182 Å². The summed E-state index contributed by atoms with van der Waals surface area (Å²) in [6, 6.07) is 63.5. The molecule has 0 unspecified atom stereocenters. The number of allylic oxidation sites excluding steroid dienone is 4. The summed E-state index contributed by atoms with van der Waals surface area (Å²) in [7, 11) is 2.51. The highest BCUT2D eigenvalue weighted by atomic mass is 15.2. The Bertz CT molecular complexity index is 3020. The van der Waals surface area contributed by atoms with Gasteiger partial charge in [-0.05, 0) is 153 Å². The van der Waals surface area contributed by atoms with E-state index in [1.54, 1.807) is 0 Å². The Kier molecular flexibility index (Phi) is 8.27. The van der Waals surface area contributed by atoms with Gasteiger partial charge in [0.25, 0.3) is 0 Å². The fourth-order valence-electron chi connectivity index (χ4n) is 10.8. The molecule has 1 radical (unpaired) electrons. The molecule has 0 N–H and O–H groups in total. The summed E-state index contributed by atoms with van der Waals surface area (Å²) in [4.78, 5) is 2.64. The first kappa shape index (κ1) is 35.5. The predicted molar refractivity (Wildman–Crippen MR) is 251 cm³/mol. The summed E-state index contributed by atoms with van der Waals surface area (Å²) in [6.45, 7) is 9.26. The number of fused-ring (bicyclic) bond motifs is 5. The van der Waals surface area contributed by atoms with Crippen molar-refractivity contribution >= 4 is 57.2 Å². The number of anilines is 3. The summed E-state index contributed by atoms with van der Waals surface area (Å²) in [5.74, 6) is 0. The largest absolute Gasteiger partial charge is 0.311 e. The Morgan fingerprint density at radius 2 is 1.15 bits per heavy atom. The molecule has 2 heterocycles. The fourth-order valence-corrected chi connectivity index (χ4v) is 10.8. The van der Waals surface area contributed by atoms with Gasteiger partial charge in [0.15, 0.2) is 7.28 Å². The van der Waals surface area contributed by atoms with Gasteiger partial charge in [0.1, 0.15) is 0 Å². The molecular formula is C57H45BN. The molecule has 3 aliphatic rings. The van der Waals surface area contributed by atoms with Crippen molar-refractivity contribution in [3.8, 4) is 11.1 Å². The van der Waals surface area contributed by atoms with Crippen molar-refractivity contribution < 1.29 is 0 Å². The normalized spacial score (nSPS) is 14.9. The van der Waals surface area contributed by atoms with Gasteiger partial charge in [0, 0.05) is 11.4 Å². The Morgan fingerprint density at radius 3 is 1.90 bits per heavy atom. The van der Waals surface area contributed by atoms with Crippen molar-refractivity contribution in [1.82, 2.24) is 0 Å². The zero-order valence-electron chi connectivity index (χ0n) is 34.2. The number of hydrogen-bond donors (Lipinski definition) is 0. The lowest BCUT2D eigenvalue weighted by atomic mass is 9.53. The molecule has 8 aromatic carbocycles. The van der Waals surface area contributed by atoms with Crippen LogP contribution in [0, 0.1) is 20.8 Å². The third-order valence-corrected chi connectivity index (χ3v) is 13.5. The average Bonchev–Trinajstić information content (AvgIpc) is 3.28. The first-order chi connectivity index (χ1) is 28.9. The Morgan fingerprint density at radius 1 is 0.508 bits per heavy atom. The third kappa shape index (κ3) is 5.25. The van der Waals surface area contributed by atoms with Crippen molar-refractivity contribution in [3.05, 3.63) is 232 Å². The molecule has 0 amide bonds. The molecule has 0 aromatic heterocycles. The molecule has 1 nitrogen and oxygen atoms in total. The number of benzene rings is 8. The average molecular weight is 755 g/mol. The third-order valence-electron chi connectivity index (χ3n) is 13.5. The van der Waals surface area contributed by atoms with Crippen molar-refractivity contribution in [1.29, 1.82) is 0 Å². The molecule has 59 heavy (non-hydrogen) atoms. The molecule has 2 aliphatic heterocycles. The van der Waals surface area contributed by atoms with Crippen LogP contribution < -0.4 is 15.8 Å². The number of hydrogen-bond acceptors (Lipinski definition) is 1. The van der Waals surface area contributed by atoms with Crippen LogP contribution in [0.1, 0.15) is 69.8 Å². The van der Waals surface area contributed by atoms with Crippen LogP contribution in [-0.4, -0.2) is 7.28 Å². The number of para-hydroxylation sites is 2. The minimum atomic E-state index is -0.519. The van der Waals surface area contributed by atoms with Crippen LogP contribution in [0.5, 0.6) is 0 Å². The molecular weight excluding hydrogens is 709 g/mol. The summed E-state index contributed by atoms with van der Waals surface area (Å²) in [5, 5.41) is 2.60. The highest BCUT2D eigenvalue weighted by Gasteiger charge is 2.49. The van der Waals surface area contributed by atoms with Crippen molar-refractivity contribution in [3.63, 3.8) is 0 Å². The minimum Gasteiger partial charge on any atom is -0.311 e. The van der Waals surface area contributed by atoms with Crippen LogP contribution in [0.2, 0.25) is 0 Å². The molecule has 281 valence electrons. The topological polar surface area (TPSA) is 3.24 Å². The van der Waals surface area contributed by atoms with E-state index in [-0.39, 0.29) is 0 Å². The van der Waals surface area contributed by atoms with E-state index in [1.165, 1.54) is 117 Å². The van der Waals surface area contributed by atoms with E-state index in [2.05, 4.69) is 216 Å². The van der Waals surface area contributed by atoms with E-state index in [0.717, 1.165) is 12.8 Å². The summed E-state index contributed by atoms with van der Waals surface area (Å²) in [6.07, 6.45) is 4.55. The van der Waals surface area contributed by atoms with E-state index in [9.17, 15) is 0 Å². The zero-order chi connectivity index (χ0) is 39.8. The number of aryl methyl sites for hydroxylation is 2. The summed E-state index contributed by atoms with van der Waals surface area (Å²) in [5.41, 5.74) is 24.2. The molecule has 0 saturated heterocycles. The standard InChI is InChI=1S/C57H45BN/c1-36-19-11-14-26-44(36)48-35-49(46-28-17-27-45(38(46)3)47-34-41-21-13-12-20-40(41)33-37(47)2)54-55(39(48)4)59-53-32-16-15-29-50(53)57(42-22-7-5-8-23-42,43-24-9-6-10-25-43)51-30-18-31-52(58-54)56(51)59/h5-16,18-26,28-35H,17,27H2,1-4H3. The zero-order valence-corrected chi connectivity index (χ0v) is 34.2. The molecule has 11 rings (SSSR count). The molecule has 8 aromatic rings. The maximum absolute atomic E-state index is 2.64. The second kappa shape index (κ2) is 13.7. The van der Waals surface area contributed by atoms with E-state index in [0.29, 0.717) is 0 Å². The second-order valence-corrected chi connectivity index (χ2v) is 16.7. The first-order valence-corrected chi connectivity index (χ1v) is 21.1. The first-order valence-electron chi connectivity index (χ1n) is 21.1. The monoisotopic (exact) mass is 754 g/mol. The van der Waals surface area contributed by atoms with Gasteiger partial charge in [-0.1, -0.05) is 163 Å². The Balaban J connectivity index is 1.21. The lowest BCUT2D eigenvalue weighted by Gasteiger charge is -2.49. The Labute approximate surface area is 349 Å². The van der Waals surface area contributed by atoms with Crippen LogP contribution in [0.25, 0.3) is 33.0 Å². The van der Waals surface area contributed by atoms with Gasteiger partial charge in [0.05, 0.1) is 11.1 Å². The predicted octanol–water partition coefficient (Wildman–Crippen LogP) is 13.2. The lowest BCUT2D eigenvalue weighted by Crippen LogP contribution is -2.48. The van der Waals surface area contributed by atoms with E-state index in [1.807, 2.05) is 0 Å². The van der Waals surface area contributed by atoms with Crippen LogP contribution in [0.3, 0.4) is 0 Å². The quantitative estimate of drug-likeness (QED) is 0.158. The molecule has 0 bridgehead atoms. The van der Waals surface area contributed by atoms with Gasteiger partial charge in [-0.15, -0.1) is 0 Å². The van der Waals surface area contributed by atoms with Gasteiger partial charge in [-0.3, -0.25) is 0 Å².